The summed E-state index contributed by atoms with van der Waals surface area (Å²) < 4.78 is 2.60. The van der Waals surface area contributed by atoms with Crippen LogP contribution in [0.4, 0.5) is 28.4 Å². The van der Waals surface area contributed by atoms with Gasteiger partial charge in [0.05, 0.1) is 17.6 Å². The normalized spacial score (nSPS) is 21.8. The van der Waals surface area contributed by atoms with E-state index >= 15 is 0 Å². The lowest BCUT2D eigenvalue weighted by atomic mass is 9.76. The molecule has 69 heavy (non-hydrogen) atoms. The van der Waals surface area contributed by atoms with Crippen LogP contribution in [0.5, 0.6) is 0 Å². The Bertz CT molecular complexity index is 3440. The standard InChI is InChI=1S/C65H59N4/c1-40(2)49-27-17-29-51-42(5)52-23-14-15-38-66-43(6)53-30-18-28-50(41(3)4)62(53)69-64(68(61(49)51)63(52)65(66)69)46-32-34-47(35-33-46)67(59-31-16-22-44-19-10-11-24-54(44)59)48-36-37-57-58(39-48)55-25-12-13-26-56(55)60(57)45-20-8-7-9-21-45/h7-22,24-43,52,60,64H,23H2,1-6H3/q+1/b15-14+,66-38-. The summed E-state index contributed by atoms with van der Waals surface area (Å²) in [7, 11) is 0. The molecule has 0 bridgehead atoms. The third-order valence-corrected chi connectivity index (χ3v) is 16.2. The topological polar surface area (TPSA) is 12.7 Å². The molecule has 0 amide bonds. The minimum atomic E-state index is -0.102. The summed E-state index contributed by atoms with van der Waals surface area (Å²) in [6.07, 6.45) is 7.99. The zero-order chi connectivity index (χ0) is 46.7. The molecule has 0 saturated carbocycles. The van der Waals surface area contributed by atoms with Crippen LogP contribution in [-0.2, 0) is 0 Å². The highest BCUT2D eigenvalue weighted by Crippen LogP contribution is 2.61. The van der Waals surface area contributed by atoms with Crippen molar-refractivity contribution in [3.05, 3.63) is 244 Å². The molecule has 5 aliphatic rings. The summed E-state index contributed by atoms with van der Waals surface area (Å²) >= 11 is 0. The van der Waals surface area contributed by atoms with Gasteiger partial charge in [0.2, 0.25) is 6.17 Å². The zero-order valence-electron chi connectivity index (χ0n) is 40.5. The molecule has 338 valence electrons. The average Bonchev–Trinajstić information content (AvgIpc) is 3.89. The first kappa shape index (κ1) is 41.7. The molecule has 5 atom stereocenters. The maximum Gasteiger partial charge on any atom is 0.304 e. The van der Waals surface area contributed by atoms with Crippen LogP contribution in [-0.4, -0.2) is 10.8 Å². The lowest BCUT2D eigenvalue weighted by molar-refractivity contribution is -0.521. The quantitative estimate of drug-likeness (QED) is 0.148. The van der Waals surface area contributed by atoms with Crippen molar-refractivity contribution in [2.24, 2.45) is 5.92 Å². The molecule has 0 aromatic heterocycles. The number of benzene rings is 8. The number of para-hydroxylation sites is 2. The highest BCUT2D eigenvalue weighted by atomic mass is 15.5. The van der Waals surface area contributed by atoms with Gasteiger partial charge in [-0.3, -0.25) is 4.90 Å². The number of rotatable bonds is 7. The Morgan fingerprint density at radius 1 is 0.551 bits per heavy atom. The summed E-state index contributed by atoms with van der Waals surface area (Å²) in [6, 6.07) is 66.8. The molecule has 0 saturated heterocycles. The molecule has 0 N–H and O–H groups in total. The number of fused-ring (bicyclic) bond motifs is 8. The van der Waals surface area contributed by atoms with E-state index in [0.717, 1.165) is 17.8 Å². The van der Waals surface area contributed by atoms with Crippen LogP contribution in [0.3, 0.4) is 0 Å². The van der Waals surface area contributed by atoms with Crippen LogP contribution in [0.2, 0.25) is 0 Å². The summed E-state index contributed by atoms with van der Waals surface area (Å²) in [5.74, 6) is 2.93. The second kappa shape index (κ2) is 16.1. The molecule has 0 spiro atoms. The highest BCUT2D eigenvalue weighted by molar-refractivity contribution is 5.99. The Labute approximate surface area is 407 Å². The maximum atomic E-state index is 2.81. The highest BCUT2D eigenvalue weighted by Gasteiger charge is 2.58. The van der Waals surface area contributed by atoms with Crippen LogP contribution in [0.25, 0.3) is 21.9 Å². The van der Waals surface area contributed by atoms with Gasteiger partial charge in [-0.2, -0.15) is 4.90 Å². The summed E-state index contributed by atoms with van der Waals surface area (Å²) in [5, 5.41) is 2.45. The van der Waals surface area contributed by atoms with E-state index in [0.29, 0.717) is 23.7 Å². The van der Waals surface area contributed by atoms with E-state index in [9.17, 15) is 0 Å². The van der Waals surface area contributed by atoms with Crippen molar-refractivity contribution in [1.82, 2.24) is 0 Å². The van der Waals surface area contributed by atoms with Gasteiger partial charge in [-0.05, 0) is 112 Å². The molecule has 0 radical (unpaired) electrons. The molecular weight excluding hydrogens is 837 g/mol. The van der Waals surface area contributed by atoms with Crippen molar-refractivity contribution in [3.63, 3.8) is 0 Å². The Morgan fingerprint density at radius 2 is 1.19 bits per heavy atom. The molecule has 0 fully saturated rings. The van der Waals surface area contributed by atoms with Gasteiger partial charge in [0, 0.05) is 45.3 Å². The molecular formula is C65H59N4+. The number of allylic oxidation sites excluding steroid dienone is 3. The van der Waals surface area contributed by atoms with Gasteiger partial charge >= 0.3 is 5.82 Å². The van der Waals surface area contributed by atoms with Gasteiger partial charge in [-0.1, -0.05) is 186 Å². The number of hydrogen-bond acceptors (Lipinski definition) is 3. The number of anilines is 5. The lowest BCUT2D eigenvalue weighted by Gasteiger charge is -2.42. The van der Waals surface area contributed by atoms with Crippen molar-refractivity contribution >= 4 is 45.4 Å². The SMILES string of the molecule is CC(C)c1cccc2c1N1C3=C4N(c5c(C(C)C)cccc5C(C)/[N+]4=C/C=C/CC3C2C)C1c1ccc(N(c2ccc3c(c2)-c2ccccc2C3c2ccccc2)c2cccc3ccccc23)cc1. The number of nitrogens with zero attached hydrogens (tertiary/aromatic N) is 4. The molecule has 13 rings (SSSR count). The fourth-order valence-corrected chi connectivity index (χ4v) is 13.0. The first-order valence-electron chi connectivity index (χ1n) is 25.3. The summed E-state index contributed by atoms with van der Waals surface area (Å²) in [4.78, 5) is 8.07. The fraction of sp³-hybridized carbons (Fsp3) is 0.215. The van der Waals surface area contributed by atoms with Gasteiger partial charge in [0.15, 0.2) is 0 Å². The van der Waals surface area contributed by atoms with E-state index in [1.54, 1.807) is 0 Å². The van der Waals surface area contributed by atoms with Gasteiger partial charge in [0.1, 0.15) is 17.4 Å². The molecule has 4 heterocycles. The van der Waals surface area contributed by atoms with E-state index < -0.39 is 0 Å². The van der Waals surface area contributed by atoms with Crippen molar-refractivity contribution in [3.8, 4) is 11.1 Å². The van der Waals surface area contributed by atoms with Gasteiger partial charge in [-0.15, -0.1) is 0 Å². The van der Waals surface area contributed by atoms with Crippen LogP contribution in [0.15, 0.2) is 200 Å². The Balaban J connectivity index is 1.02. The first-order valence-corrected chi connectivity index (χ1v) is 25.3. The minimum absolute atomic E-state index is 0.102. The fourth-order valence-electron chi connectivity index (χ4n) is 13.0. The third-order valence-electron chi connectivity index (χ3n) is 16.2. The molecule has 1 aliphatic carbocycles. The van der Waals surface area contributed by atoms with Crippen LogP contribution >= 0.6 is 0 Å². The van der Waals surface area contributed by atoms with Gasteiger partial charge in [0.25, 0.3) is 0 Å². The van der Waals surface area contributed by atoms with Crippen LogP contribution in [0.1, 0.15) is 128 Å². The van der Waals surface area contributed by atoms with Crippen molar-refractivity contribution in [2.75, 3.05) is 14.7 Å². The second-order valence-electron chi connectivity index (χ2n) is 20.6. The van der Waals surface area contributed by atoms with Crippen molar-refractivity contribution < 1.29 is 4.58 Å². The van der Waals surface area contributed by atoms with E-state index in [4.69, 9.17) is 0 Å². The molecule has 5 unspecified atom stereocenters. The Kier molecular flexibility index (Phi) is 9.73. The number of hydrogen-bond donors (Lipinski definition) is 0. The largest absolute Gasteiger partial charge is 0.310 e. The molecule has 8 aromatic rings. The van der Waals surface area contributed by atoms with E-state index in [1.807, 2.05) is 0 Å². The Hall–Kier alpha value is -7.43. The van der Waals surface area contributed by atoms with Crippen LogP contribution in [0, 0.1) is 5.92 Å². The lowest BCUT2D eigenvalue weighted by Crippen LogP contribution is -2.41. The predicted octanol–water partition coefficient (Wildman–Crippen LogP) is 16.8. The van der Waals surface area contributed by atoms with E-state index in [1.165, 1.54) is 95.0 Å². The zero-order valence-corrected chi connectivity index (χ0v) is 40.5. The Morgan fingerprint density at radius 3 is 1.97 bits per heavy atom. The smallest absolute Gasteiger partial charge is 0.304 e. The second-order valence-corrected chi connectivity index (χ2v) is 20.6. The predicted molar refractivity (Wildman–Crippen MR) is 288 cm³/mol. The van der Waals surface area contributed by atoms with Gasteiger partial charge in [-0.25, -0.2) is 4.58 Å². The first-order chi connectivity index (χ1) is 33.8. The third kappa shape index (κ3) is 6.23. The monoisotopic (exact) mass is 895 g/mol. The van der Waals surface area contributed by atoms with Crippen molar-refractivity contribution in [2.45, 2.75) is 83.8 Å². The molecule has 4 aliphatic heterocycles. The van der Waals surface area contributed by atoms with E-state index in [2.05, 4.69) is 255 Å². The van der Waals surface area contributed by atoms with Crippen molar-refractivity contribution in [1.29, 1.82) is 0 Å². The minimum Gasteiger partial charge on any atom is -0.310 e. The van der Waals surface area contributed by atoms with E-state index in [-0.39, 0.29) is 18.1 Å². The molecule has 4 heteroatoms. The maximum absolute atomic E-state index is 2.81. The average molecular weight is 896 g/mol. The summed E-state index contributed by atoms with van der Waals surface area (Å²) in [6.45, 7) is 14.4. The van der Waals surface area contributed by atoms with Gasteiger partial charge < -0.3 is 4.90 Å². The molecule has 4 nitrogen and oxygen atoms in total. The molecule has 8 aromatic carbocycles. The summed E-state index contributed by atoms with van der Waals surface area (Å²) in [5.41, 5.74) is 21.3. The van der Waals surface area contributed by atoms with Crippen LogP contribution < -0.4 is 14.7 Å².